The summed E-state index contributed by atoms with van der Waals surface area (Å²) in [6.07, 6.45) is 3.71. The molecule has 1 heterocycles. The number of nitrogens with zero attached hydrogens (tertiary/aromatic N) is 1. The highest BCUT2D eigenvalue weighted by atomic mass is 79.9. The van der Waals surface area contributed by atoms with Crippen LogP contribution in [0.25, 0.3) is 0 Å². The Labute approximate surface area is 69.6 Å². The fraction of sp³-hybridized carbons (Fsp3) is 0.375. The number of aryl methyl sites for hydroxylation is 1. The van der Waals surface area contributed by atoms with Gasteiger partial charge in [0.25, 0.3) is 0 Å². The van der Waals surface area contributed by atoms with Crippen molar-refractivity contribution < 1.29 is 0 Å². The van der Waals surface area contributed by atoms with E-state index in [1.807, 2.05) is 18.5 Å². The first-order valence-corrected chi connectivity index (χ1v) is 4.18. The van der Waals surface area contributed by atoms with Crippen molar-refractivity contribution in [2.45, 2.75) is 18.7 Å². The van der Waals surface area contributed by atoms with E-state index in [2.05, 4.69) is 34.8 Å². The average Bonchev–Trinajstić information content (AvgIpc) is 1.88. The maximum absolute atomic E-state index is 4.04. The van der Waals surface area contributed by atoms with Gasteiger partial charge in [-0.15, -0.1) is 0 Å². The predicted octanol–water partition coefficient (Wildman–Crippen LogP) is 2.85. The van der Waals surface area contributed by atoms with Crippen molar-refractivity contribution in [1.82, 2.24) is 4.98 Å². The quantitative estimate of drug-likeness (QED) is 0.635. The molecule has 2 heteroatoms. The zero-order chi connectivity index (χ0) is 7.56. The van der Waals surface area contributed by atoms with E-state index in [1.165, 1.54) is 11.1 Å². The number of hydrogen-bond acceptors (Lipinski definition) is 1. The van der Waals surface area contributed by atoms with Crippen LogP contribution in [-0.2, 0) is 0 Å². The third kappa shape index (κ3) is 1.57. The molecule has 0 amide bonds. The third-order valence-electron chi connectivity index (χ3n) is 1.51. The van der Waals surface area contributed by atoms with Crippen molar-refractivity contribution in [2.24, 2.45) is 0 Å². The molecule has 0 aromatic carbocycles. The summed E-state index contributed by atoms with van der Waals surface area (Å²) in [6.45, 7) is 4.19. The first kappa shape index (κ1) is 7.73. The van der Waals surface area contributed by atoms with Gasteiger partial charge < -0.3 is 0 Å². The summed E-state index contributed by atoms with van der Waals surface area (Å²) in [7, 11) is 0. The zero-order valence-electron chi connectivity index (χ0n) is 6.13. The van der Waals surface area contributed by atoms with Gasteiger partial charge in [0.05, 0.1) is 0 Å². The Bertz CT molecular complexity index is 220. The molecule has 0 fully saturated rings. The minimum Gasteiger partial charge on any atom is -0.264 e. The van der Waals surface area contributed by atoms with Crippen LogP contribution in [0.2, 0.25) is 0 Å². The summed E-state index contributed by atoms with van der Waals surface area (Å²) in [5.74, 6) is 0. The summed E-state index contributed by atoms with van der Waals surface area (Å²) < 4.78 is 0. The van der Waals surface area contributed by atoms with Crippen molar-refractivity contribution in [2.75, 3.05) is 0 Å². The average molecular weight is 200 g/mol. The molecule has 54 valence electrons. The SMILES string of the molecule is Cc1ccncc1C(C)Br. The first-order chi connectivity index (χ1) is 4.72. The van der Waals surface area contributed by atoms with E-state index in [1.54, 1.807) is 0 Å². The van der Waals surface area contributed by atoms with E-state index in [9.17, 15) is 0 Å². The van der Waals surface area contributed by atoms with Gasteiger partial charge in [0.2, 0.25) is 0 Å². The maximum Gasteiger partial charge on any atom is 0.0385 e. The third-order valence-corrected chi connectivity index (χ3v) is 2.00. The largest absolute Gasteiger partial charge is 0.264 e. The van der Waals surface area contributed by atoms with Crippen molar-refractivity contribution in [3.05, 3.63) is 29.6 Å². The molecule has 1 nitrogen and oxygen atoms in total. The molecule has 0 spiro atoms. The second kappa shape index (κ2) is 3.15. The van der Waals surface area contributed by atoms with Crippen molar-refractivity contribution in [3.63, 3.8) is 0 Å². The normalized spacial score (nSPS) is 13.1. The standard InChI is InChI=1S/C8H10BrN/c1-6-3-4-10-5-8(6)7(2)9/h3-5,7H,1-2H3. The Morgan fingerprint density at radius 1 is 1.60 bits per heavy atom. The summed E-state index contributed by atoms with van der Waals surface area (Å²) in [4.78, 5) is 4.44. The summed E-state index contributed by atoms with van der Waals surface area (Å²) in [5.41, 5.74) is 2.56. The number of rotatable bonds is 1. The Hall–Kier alpha value is -0.370. The number of aromatic nitrogens is 1. The lowest BCUT2D eigenvalue weighted by Crippen LogP contribution is -1.88. The summed E-state index contributed by atoms with van der Waals surface area (Å²) >= 11 is 3.49. The molecule has 0 bridgehead atoms. The van der Waals surface area contributed by atoms with Gasteiger partial charge in [-0.05, 0) is 31.0 Å². The van der Waals surface area contributed by atoms with Crippen LogP contribution < -0.4 is 0 Å². The van der Waals surface area contributed by atoms with Crippen LogP contribution in [0.3, 0.4) is 0 Å². The van der Waals surface area contributed by atoms with Gasteiger partial charge in [0, 0.05) is 17.2 Å². The number of alkyl halides is 1. The molecule has 0 saturated heterocycles. The van der Waals surface area contributed by atoms with Gasteiger partial charge in [0.15, 0.2) is 0 Å². The van der Waals surface area contributed by atoms with Crippen LogP contribution in [0.1, 0.15) is 22.9 Å². The summed E-state index contributed by atoms with van der Waals surface area (Å²) in [6, 6.07) is 2.02. The van der Waals surface area contributed by atoms with Gasteiger partial charge >= 0.3 is 0 Å². The molecule has 1 unspecified atom stereocenters. The molecule has 0 aliphatic rings. The first-order valence-electron chi connectivity index (χ1n) is 3.26. The molecule has 10 heavy (non-hydrogen) atoms. The Morgan fingerprint density at radius 3 is 2.70 bits per heavy atom. The van der Waals surface area contributed by atoms with Gasteiger partial charge in [-0.25, -0.2) is 0 Å². The van der Waals surface area contributed by atoms with Crippen molar-refractivity contribution in [1.29, 1.82) is 0 Å². The van der Waals surface area contributed by atoms with Crippen LogP contribution in [0.4, 0.5) is 0 Å². The monoisotopic (exact) mass is 199 g/mol. The Morgan fingerprint density at radius 2 is 2.30 bits per heavy atom. The van der Waals surface area contributed by atoms with E-state index in [4.69, 9.17) is 0 Å². The van der Waals surface area contributed by atoms with Gasteiger partial charge in [0.1, 0.15) is 0 Å². The van der Waals surface area contributed by atoms with Crippen LogP contribution in [0.5, 0.6) is 0 Å². The maximum atomic E-state index is 4.04. The lowest BCUT2D eigenvalue weighted by Gasteiger charge is -2.04. The minimum absolute atomic E-state index is 0.404. The highest BCUT2D eigenvalue weighted by Crippen LogP contribution is 2.23. The van der Waals surface area contributed by atoms with Crippen LogP contribution in [-0.4, -0.2) is 4.98 Å². The molecule has 0 radical (unpaired) electrons. The molecule has 0 aliphatic carbocycles. The fourth-order valence-corrected chi connectivity index (χ4v) is 1.37. The lowest BCUT2D eigenvalue weighted by atomic mass is 10.1. The van der Waals surface area contributed by atoms with E-state index in [0.29, 0.717) is 4.83 Å². The second-order valence-electron chi connectivity index (χ2n) is 2.35. The minimum atomic E-state index is 0.404. The van der Waals surface area contributed by atoms with Gasteiger partial charge in [-0.3, -0.25) is 4.98 Å². The second-order valence-corrected chi connectivity index (χ2v) is 3.72. The van der Waals surface area contributed by atoms with Gasteiger partial charge in [-0.2, -0.15) is 0 Å². The van der Waals surface area contributed by atoms with E-state index < -0.39 is 0 Å². The predicted molar refractivity (Wildman–Crippen MR) is 46.3 cm³/mol. The molecular weight excluding hydrogens is 190 g/mol. The molecule has 1 rings (SSSR count). The van der Waals surface area contributed by atoms with Crippen molar-refractivity contribution >= 4 is 15.9 Å². The van der Waals surface area contributed by atoms with Crippen LogP contribution in [0, 0.1) is 6.92 Å². The molecule has 1 atom stereocenters. The van der Waals surface area contributed by atoms with Crippen molar-refractivity contribution in [3.8, 4) is 0 Å². The highest BCUT2D eigenvalue weighted by Gasteiger charge is 2.02. The number of hydrogen-bond donors (Lipinski definition) is 0. The zero-order valence-corrected chi connectivity index (χ0v) is 7.72. The molecule has 0 N–H and O–H groups in total. The lowest BCUT2D eigenvalue weighted by molar-refractivity contribution is 1.06. The summed E-state index contributed by atoms with van der Waals surface area (Å²) in [5, 5.41) is 0. The smallest absolute Gasteiger partial charge is 0.0385 e. The molecule has 1 aromatic rings. The Balaban J connectivity index is 3.03. The van der Waals surface area contributed by atoms with Gasteiger partial charge in [-0.1, -0.05) is 15.9 Å². The van der Waals surface area contributed by atoms with Crippen LogP contribution >= 0.6 is 15.9 Å². The van der Waals surface area contributed by atoms with E-state index in [0.717, 1.165) is 0 Å². The number of pyridine rings is 1. The van der Waals surface area contributed by atoms with Crippen LogP contribution in [0.15, 0.2) is 18.5 Å². The highest BCUT2D eigenvalue weighted by molar-refractivity contribution is 9.09. The van der Waals surface area contributed by atoms with E-state index >= 15 is 0 Å². The molecule has 0 aliphatic heterocycles. The Kier molecular flexibility index (Phi) is 2.44. The molecular formula is C8H10BrN. The topological polar surface area (TPSA) is 12.9 Å². The molecule has 1 aromatic heterocycles. The molecule has 0 saturated carbocycles. The van der Waals surface area contributed by atoms with E-state index in [-0.39, 0.29) is 0 Å². The number of halogens is 1. The fourth-order valence-electron chi connectivity index (χ4n) is 0.893.